The molecular weight excluding hydrogens is 667 g/mol. The Balaban J connectivity index is 1.26. The minimum absolute atomic E-state index is 0.627. The van der Waals surface area contributed by atoms with Crippen LogP contribution in [0.2, 0.25) is 0 Å². The van der Waals surface area contributed by atoms with Gasteiger partial charge in [0.2, 0.25) is 0 Å². The molecule has 2 aromatic heterocycles. The van der Waals surface area contributed by atoms with Crippen molar-refractivity contribution in [2.45, 2.75) is 0 Å². The molecule has 0 fully saturated rings. The normalized spacial score (nSPS) is 11.3. The summed E-state index contributed by atoms with van der Waals surface area (Å²) >= 11 is 0. The van der Waals surface area contributed by atoms with Crippen molar-refractivity contribution in [2.24, 2.45) is 0 Å². The van der Waals surface area contributed by atoms with Crippen molar-refractivity contribution in [2.75, 3.05) is 0 Å². The Labute approximate surface area is 319 Å². The quantitative estimate of drug-likeness (QED) is 0.173. The molecule has 3 nitrogen and oxygen atoms in total. The van der Waals surface area contributed by atoms with Crippen LogP contribution in [0.4, 0.5) is 0 Å². The number of hydrogen-bond donors (Lipinski definition) is 0. The highest BCUT2D eigenvalue weighted by Crippen LogP contribution is 2.40. The van der Waals surface area contributed by atoms with Gasteiger partial charge in [-0.25, -0.2) is 4.98 Å². The zero-order valence-electron chi connectivity index (χ0n) is 29.9. The van der Waals surface area contributed by atoms with Crippen molar-refractivity contribution in [3.8, 4) is 67.7 Å². The van der Waals surface area contributed by atoms with Crippen molar-refractivity contribution in [1.82, 2.24) is 9.55 Å². The molecule has 10 rings (SSSR count). The fourth-order valence-corrected chi connectivity index (χ4v) is 7.95. The van der Waals surface area contributed by atoms with Crippen LogP contribution >= 0.6 is 0 Å². The van der Waals surface area contributed by atoms with Crippen LogP contribution in [0.25, 0.3) is 94.2 Å². The highest BCUT2D eigenvalue weighted by Gasteiger charge is 2.17. The molecule has 256 valence electrons. The molecule has 10 aromatic rings. The lowest BCUT2D eigenvalue weighted by Gasteiger charge is -2.16. The van der Waals surface area contributed by atoms with Crippen molar-refractivity contribution in [3.63, 3.8) is 0 Å². The van der Waals surface area contributed by atoms with E-state index in [0.29, 0.717) is 5.56 Å². The third-order valence-electron chi connectivity index (χ3n) is 10.6. The lowest BCUT2D eigenvalue weighted by Crippen LogP contribution is -1.97. The van der Waals surface area contributed by atoms with E-state index in [1.807, 2.05) is 30.3 Å². The Morgan fingerprint density at radius 1 is 0.382 bits per heavy atom. The first-order chi connectivity index (χ1) is 27.2. The summed E-state index contributed by atoms with van der Waals surface area (Å²) in [7, 11) is 0. The van der Waals surface area contributed by atoms with E-state index in [2.05, 4.69) is 180 Å². The number of pyridine rings is 1. The standard InChI is InChI=1S/C52H33N3/c53-34-35-13-11-20-39(27-35)41-28-42(43-31-49(37-15-3-1-4-16-37)54-50(32-43)38-17-5-2-6-18-38)30-44(29-41)55-51-24-10-9-22-47(51)48-26-25-40(33-52(48)55)46-23-12-19-36-14-7-8-21-45(36)46/h1-33H. The first kappa shape index (κ1) is 32.1. The summed E-state index contributed by atoms with van der Waals surface area (Å²) in [5, 5.41) is 14.7. The van der Waals surface area contributed by atoms with Crippen molar-refractivity contribution >= 4 is 32.6 Å². The molecule has 2 heterocycles. The molecule has 8 aromatic carbocycles. The Hall–Kier alpha value is -7.54. The molecule has 55 heavy (non-hydrogen) atoms. The van der Waals surface area contributed by atoms with E-state index in [0.717, 1.165) is 61.5 Å². The smallest absolute Gasteiger partial charge is 0.0991 e. The molecule has 0 aliphatic heterocycles. The van der Waals surface area contributed by atoms with Gasteiger partial charge in [-0.3, -0.25) is 0 Å². The molecule has 0 radical (unpaired) electrons. The van der Waals surface area contributed by atoms with E-state index < -0.39 is 0 Å². The maximum absolute atomic E-state index is 9.89. The fraction of sp³-hybridized carbons (Fsp3) is 0. The number of rotatable bonds is 6. The zero-order chi connectivity index (χ0) is 36.7. The van der Waals surface area contributed by atoms with Crippen LogP contribution in [0.3, 0.4) is 0 Å². The van der Waals surface area contributed by atoms with Crippen molar-refractivity contribution in [1.29, 1.82) is 5.26 Å². The summed E-state index contributed by atoms with van der Waals surface area (Å²) in [6, 6.07) is 72.8. The van der Waals surface area contributed by atoms with E-state index in [1.54, 1.807) is 0 Å². The monoisotopic (exact) mass is 699 g/mol. The third-order valence-corrected chi connectivity index (χ3v) is 10.6. The summed E-state index contributed by atoms with van der Waals surface area (Å²) in [5.74, 6) is 0. The molecule has 0 atom stereocenters. The van der Waals surface area contributed by atoms with Gasteiger partial charge >= 0.3 is 0 Å². The number of nitrogens with zero attached hydrogens (tertiary/aromatic N) is 3. The van der Waals surface area contributed by atoms with Gasteiger partial charge < -0.3 is 4.57 Å². The Morgan fingerprint density at radius 3 is 1.71 bits per heavy atom. The number of hydrogen-bond acceptors (Lipinski definition) is 2. The molecular formula is C52H33N3. The van der Waals surface area contributed by atoms with Crippen LogP contribution in [0.1, 0.15) is 5.56 Å². The fourth-order valence-electron chi connectivity index (χ4n) is 7.95. The maximum atomic E-state index is 9.89. The Morgan fingerprint density at radius 2 is 0.964 bits per heavy atom. The van der Waals surface area contributed by atoms with Gasteiger partial charge in [-0.05, 0) is 98.8 Å². The summed E-state index contributed by atoms with van der Waals surface area (Å²) in [4.78, 5) is 5.18. The van der Waals surface area contributed by atoms with E-state index in [9.17, 15) is 5.26 Å². The first-order valence-corrected chi connectivity index (χ1v) is 18.5. The molecule has 0 spiro atoms. The predicted molar refractivity (Wildman–Crippen MR) is 228 cm³/mol. The number of para-hydroxylation sites is 1. The van der Waals surface area contributed by atoms with Gasteiger partial charge in [0, 0.05) is 27.6 Å². The van der Waals surface area contributed by atoms with Crippen LogP contribution in [-0.4, -0.2) is 9.55 Å². The van der Waals surface area contributed by atoms with Gasteiger partial charge in [0.05, 0.1) is 34.1 Å². The highest BCUT2D eigenvalue weighted by molar-refractivity contribution is 6.11. The SMILES string of the molecule is N#Cc1cccc(-c2cc(-c3cc(-c4ccccc4)nc(-c4ccccc4)c3)cc(-n3c4ccccc4c4ccc(-c5cccc6ccccc56)cc43)c2)c1. The van der Waals surface area contributed by atoms with Gasteiger partial charge in [-0.1, -0.05) is 146 Å². The number of fused-ring (bicyclic) bond motifs is 4. The predicted octanol–water partition coefficient (Wildman–Crippen LogP) is 13.5. The number of aromatic nitrogens is 2. The van der Waals surface area contributed by atoms with E-state index >= 15 is 0 Å². The summed E-state index contributed by atoms with van der Waals surface area (Å²) in [5.41, 5.74) is 14.4. The van der Waals surface area contributed by atoms with Crippen molar-refractivity contribution in [3.05, 3.63) is 206 Å². The van der Waals surface area contributed by atoms with Gasteiger partial charge in [0.25, 0.3) is 0 Å². The highest BCUT2D eigenvalue weighted by atomic mass is 15.0. The van der Waals surface area contributed by atoms with Crippen LogP contribution < -0.4 is 0 Å². The molecule has 0 saturated carbocycles. The summed E-state index contributed by atoms with van der Waals surface area (Å²) in [6.45, 7) is 0. The van der Waals surface area contributed by atoms with E-state index in [4.69, 9.17) is 4.98 Å². The van der Waals surface area contributed by atoms with Crippen LogP contribution in [0.15, 0.2) is 200 Å². The third kappa shape index (κ3) is 5.83. The molecule has 0 N–H and O–H groups in total. The minimum Gasteiger partial charge on any atom is -0.309 e. The lowest BCUT2D eigenvalue weighted by molar-refractivity contribution is 1.18. The van der Waals surface area contributed by atoms with Gasteiger partial charge in [-0.15, -0.1) is 0 Å². The second-order valence-corrected chi connectivity index (χ2v) is 13.9. The first-order valence-electron chi connectivity index (χ1n) is 18.5. The Bertz CT molecular complexity index is 3030. The second kappa shape index (κ2) is 13.5. The Kier molecular flexibility index (Phi) is 7.86. The van der Waals surface area contributed by atoms with Crippen LogP contribution in [-0.2, 0) is 0 Å². The zero-order valence-corrected chi connectivity index (χ0v) is 29.9. The molecule has 0 aliphatic carbocycles. The van der Waals surface area contributed by atoms with E-state index in [-0.39, 0.29) is 0 Å². The van der Waals surface area contributed by atoms with E-state index in [1.165, 1.54) is 32.7 Å². The molecule has 3 heteroatoms. The van der Waals surface area contributed by atoms with Crippen LogP contribution in [0, 0.1) is 11.3 Å². The summed E-state index contributed by atoms with van der Waals surface area (Å²) in [6.07, 6.45) is 0. The molecule has 0 unspecified atom stereocenters. The molecule has 0 bridgehead atoms. The second-order valence-electron chi connectivity index (χ2n) is 13.9. The number of benzene rings is 8. The van der Waals surface area contributed by atoms with Crippen molar-refractivity contribution < 1.29 is 0 Å². The molecule has 0 saturated heterocycles. The van der Waals surface area contributed by atoms with Crippen LogP contribution in [0.5, 0.6) is 0 Å². The molecule has 0 amide bonds. The van der Waals surface area contributed by atoms with Gasteiger partial charge in [0.15, 0.2) is 0 Å². The van der Waals surface area contributed by atoms with Gasteiger partial charge in [0.1, 0.15) is 0 Å². The minimum atomic E-state index is 0.627. The largest absolute Gasteiger partial charge is 0.309 e. The maximum Gasteiger partial charge on any atom is 0.0991 e. The topological polar surface area (TPSA) is 41.6 Å². The average Bonchev–Trinajstić information content (AvgIpc) is 3.60. The lowest BCUT2D eigenvalue weighted by atomic mass is 9.95. The summed E-state index contributed by atoms with van der Waals surface area (Å²) < 4.78 is 2.40. The van der Waals surface area contributed by atoms with Gasteiger partial charge in [-0.2, -0.15) is 5.26 Å². The number of nitriles is 1. The average molecular weight is 700 g/mol. The molecule has 0 aliphatic rings.